The molecule has 2 amide bonds. The molecule has 0 radical (unpaired) electrons. The zero-order valence-corrected chi connectivity index (χ0v) is 12.5. The molecule has 2 rings (SSSR count). The van der Waals surface area contributed by atoms with Crippen LogP contribution in [-0.2, 0) is 9.53 Å². The number of ether oxygens (including phenoxy) is 1. The Morgan fingerprint density at radius 2 is 2.25 bits per heavy atom. The lowest BCUT2D eigenvalue weighted by molar-refractivity contribution is -0.130. The molecule has 1 unspecified atom stereocenters. The molecule has 1 aromatic rings. The van der Waals surface area contributed by atoms with Gasteiger partial charge in [0.25, 0.3) is 5.91 Å². The topological polar surface area (TPSA) is 78.9 Å². The number of hydrogen-bond donors (Lipinski definition) is 2. The van der Waals surface area contributed by atoms with Crippen molar-refractivity contribution in [3.05, 3.63) is 28.2 Å². The van der Waals surface area contributed by atoms with Crippen LogP contribution in [0.5, 0.6) is 5.75 Å². The standard InChI is InChI=1S/C13H15BrN2O4/c1-15-12(18)10-7-20-5-4-16(10)13(19)8-2-3-9(14)11(17)6-8/h2-3,6,10,17H,4-5,7H2,1H3,(H,15,18). The fourth-order valence-corrected chi connectivity index (χ4v) is 2.29. The number of nitrogens with one attached hydrogen (secondary N) is 1. The summed E-state index contributed by atoms with van der Waals surface area (Å²) in [4.78, 5) is 25.7. The number of halogens is 1. The third-order valence-electron chi connectivity index (χ3n) is 3.13. The molecule has 0 aliphatic carbocycles. The first kappa shape index (κ1) is 14.8. The van der Waals surface area contributed by atoms with Gasteiger partial charge >= 0.3 is 0 Å². The van der Waals surface area contributed by atoms with Crippen LogP contribution in [0.3, 0.4) is 0 Å². The number of morpholine rings is 1. The first-order chi connectivity index (χ1) is 9.54. The maximum absolute atomic E-state index is 12.5. The minimum Gasteiger partial charge on any atom is -0.507 e. The molecule has 0 saturated carbocycles. The summed E-state index contributed by atoms with van der Waals surface area (Å²) >= 11 is 3.16. The van der Waals surface area contributed by atoms with E-state index in [1.54, 1.807) is 12.1 Å². The van der Waals surface area contributed by atoms with Crippen molar-refractivity contribution in [2.75, 3.05) is 26.8 Å². The first-order valence-corrected chi connectivity index (χ1v) is 6.92. The lowest BCUT2D eigenvalue weighted by Crippen LogP contribution is -2.55. The quantitative estimate of drug-likeness (QED) is 0.830. The van der Waals surface area contributed by atoms with Crippen LogP contribution >= 0.6 is 15.9 Å². The van der Waals surface area contributed by atoms with E-state index in [1.807, 2.05) is 0 Å². The van der Waals surface area contributed by atoms with Crippen molar-refractivity contribution in [1.29, 1.82) is 0 Å². The molecular weight excluding hydrogens is 328 g/mol. The Balaban J connectivity index is 2.25. The van der Waals surface area contributed by atoms with Gasteiger partial charge in [0.2, 0.25) is 5.91 Å². The normalized spacial score (nSPS) is 18.7. The van der Waals surface area contributed by atoms with Crippen molar-refractivity contribution in [2.24, 2.45) is 0 Å². The second kappa shape index (κ2) is 6.23. The summed E-state index contributed by atoms with van der Waals surface area (Å²) in [5, 5.41) is 12.2. The highest BCUT2D eigenvalue weighted by atomic mass is 79.9. The number of phenols is 1. The SMILES string of the molecule is CNC(=O)C1COCCN1C(=O)c1ccc(Br)c(O)c1. The lowest BCUT2D eigenvalue weighted by Gasteiger charge is -2.34. The van der Waals surface area contributed by atoms with Crippen molar-refractivity contribution in [3.63, 3.8) is 0 Å². The summed E-state index contributed by atoms with van der Waals surface area (Å²) in [5.41, 5.74) is 0.335. The van der Waals surface area contributed by atoms with E-state index in [0.29, 0.717) is 23.2 Å². The number of carbonyl (C=O) groups is 2. The monoisotopic (exact) mass is 342 g/mol. The van der Waals surface area contributed by atoms with Crippen molar-refractivity contribution < 1.29 is 19.4 Å². The van der Waals surface area contributed by atoms with E-state index >= 15 is 0 Å². The van der Waals surface area contributed by atoms with E-state index in [9.17, 15) is 14.7 Å². The van der Waals surface area contributed by atoms with Crippen LogP contribution in [0.2, 0.25) is 0 Å². The summed E-state index contributed by atoms with van der Waals surface area (Å²) in [7, 11) is 1.52. The second-order valence-corrected chi connectivity index (χ2v) is 5.22. The summed E-state index contributed by atoms with van der Waals surface area (Å²) < 4.78 is 5.77. The minimum atomic E-state index is -0.646. The van der Waals surface area contributed by atoms with Gasteiger partial charge in [-0.25, -0.2) is 0 Å². The fourth-order valence-electron chi connectivity index (χ4n) is 2.04. The van der Waals surface area contributed by atoms with Gasteiger partial charge in [0.15, 0.2) is 0 Å². The smallest absolute Gasteiger partial charge is 0.254 e. The summed E-state index contributed by atoms with van der Waals surface area (Å²) in [6.45, 7) is 0.906. The number of benzene rings is 1. The number of rotatable bonds is 2. The van der Waals surface area contributed by atoms with E-state index in [1.165, 1.54) is 18.0 Å². The van der Waals surface area contributed by atoms with Gasteiger partial charge in [-0.2, -0.15) is 0 Å². The van der Waals surface area contributed by atoms with E-state index in [4.69, 9.17) is 4.74 Å². The molecule has 1 atom stereocenters. The molecule has 6 nitrogen and oxygen atoms in total. The van der Waals surface area contributed by atoms with Crippen LogP contribution in [-0.4, -0.2) is 54.7 Å². The highest BCUT2D eigenvalue weighted by Crippen LogP contribution is 2.25. The molecule has 7 heteroatoms. The highest BCUT2D eigenvalue weighted by molar-refractivity contribution is 9.10. The van der Waals surface area contributed by atoms with Gasteiger partial charge in [0, 0.05) is 19.2 Å². The number of phenolic OH excluding ortho intramolecular Hbond substituents is 1. The van der Waals surface area contributed by atoms with Crippen molar-refractivity contribution >= 4 is 27.7 Å². The van der Waals surface area contributed by atoms with Gasteiger partial charge in [-0.15, -0.1) is 0 Å². The zero-order chi connectivity index (χ0) is 14.7. The number of carbonyl (C=O) groups excluding carboxylic acids is 2. The van der Waals surface area contributed by atoms with Gasteiger partial charge in [0.1, 0.15) is 11.8 Å². The maximum Gasteiger partial charge on any atom is 0.254 e. The molecule has 2 N–H and O–H groups in total. The third kappa shape index (κ3) is 2.94. The second-order valence-electron chi connectivity index (χ2n) is 4.37. The molecule has 0 aromatic heterocycles. The van der Waals surface area contributed by atoms with Gasteiger partial charge in [-0.05, 0) is 34.1 Å². The molecule has 108 valence electrons. The van der Waals surface area contributed by atoms with Crippen molar-refractivity contribution in [1.82, 2.24) is 10.2 Å². The van der Waals surface area contributed by atoms with E-state index in [2.05, 4.69) is 21.2 Å². The van der Waals surface area contributed by atoms with Crippen LogP contribution in [0, 0.1) is 0 Å². The van der Waals surface area contributed by atoms with E-state index < -0.39 is 6.04 Å². The van der Waals surface area contributed by atoms with Gasteiger partial charge in [0.05, 0.1) is 17.7 Å². The Labute approximate surface area is 124 Å². The van der Waals surface area contributed by atoms with E-state index in [-0.39, 0.29) is 24.2 Å². The average molecular weight is 343 g/mol. The van der Waals surface area contributed by atoms with Crippen LogP contribution in [0.15, 0.2) is 22.7 Å². The molecule has 1 aliphatic heterocycles. The number of amides is 2. The molecule has 20 heavy (non-hydrogen) atoms. The minimum absolute atomic E-state index is 0.0133. The average Bonchev–Trinajstić information content (AvgIpc) is 2.48. The number of nitrogens with zero attached hydrogens (tertiary/aromatic N) is 1. The molecular formula is C13H15BrN2O4. The number of likely N-dealkylation sites (N-methyl/N-ethyl adjacent to an activating group) is 1. The summed E-state index contributed by atoms with van der Waals surface area (Å²) in [6.07, 6.45) is 0. The van der Waals surface area contributed by atoms with Crippen LogP contribution in [0.4, 0.5) is 0 Å². The first-order valence-electron chi connectivity index (χ1n) is 6.13. The predicted octanol–water partition coefficient (Wildman–Crippen LogP) is 0.742. The molecule has 1 saturated heterocycles. The summed E-state index contributed by atoms with van der Waals surface area (Å²) in [5.74, 6) is -0.579. The van der Waals surface area contributed by atoms with Crippen LogP contribution < -0.4 is 5.32 Å². The predicted molar refractivity (Wildman–Crippen MR) is 75.5 cm³/mol. The molecule has 1 heterocycles. The van der Waals surface area contributed by atoms with Crippen molar-refractivity contribution in [2.45, 2.75) is 6.04 Å². The van der Waals surface area contributed by atoms with Gasteiger partial charge < -0.3 is 20.1 Å². The fraction of sp³-hybridized carbons (Fsp3) is 0.385. The Bertz CT molecular complexity index is 535. The van der Waals surface area contributed by atoms with Gasteiger partial charge in [-0.1, -0.05) is 0 Å². The van der Waals surface area contributed by atoms with E-state index in [0.717, 1.165) is 0 Å². The zero-order valence-electron chi connectivity index (χ0n) is 10.9. The highest BCUT2D eigenvalue weighted by Gasteiger charge is 2.32. The number of aromatic hydroxyl groups is 1. The van der Waals surface area contributed by atoms with Crippen LogP contribution in [0.1, 0.15) is 10.4 Å². The molecule has 1 aliphatic rings. The molecule has 0 bridgehead atoms. The molecule has 0 spiro atoms. The molecule has 1 fully saturated rings. The van der Waals surface area contributed by atoms with Crippen LogP contribution in [0.25, 0.3) is 0 Å². The molecule has 1 aromatic carbocycles. The maximum atomic E-state index is 12.5. The Morgan fingerprint density at radius 1 is 1.50 bits per heavy atom. The number of hydrogen-bond acceptors (Lipinski definition) is 4. The Hall–Kier alpha value is -1.60. The third-order valence-corrected chi connectivity index (χ3v) is 3.80. The Morgan fingerprint density at radius 3 is 2.90 bits per heavy atom. The van der Waals surface area contributed by atoms with Gasteiger partial charge in [-0.3, -0.25) is 9.59 Å². The largest absolute Gasteiger partial charge is 0.507 e. The summed E-state index contributed by atoms with van der Waals surface area (Å²) in [6, 6.07) is 3.93. The lowest BCUT2D eigenvalue weighted by atomic mass is 10.1. The van der Waals surface area contributed by atoms with Crippen molar-refractivity contribution in [3.8, 4) is 5.75 Å². The Kier molecular flexibility index (Phi) is 4.61.